The summed E-state index contributed by atoms with van der Waals surface area (Å²) in [4.78, 5) is 4.98. The maximum Gasteiger partial charge on any atom is 0.142 e. The molecular weight excluding hydrogens is 238 g/mol. The number of ether oxygens (including phenoxy) is 1. The number of hydrogen-bond acceptors (Lipinski definition) is 4. The van der Waals surface area contributed by atoms with Gasteiger partial charge in [-0.15, -0.1) is 0 Å². The normalized spacial score (nSPS) is 17.8. The van der Waals surface area contributed by atoms with E-state index in [0.29, 0.717) is 18.3 Å². The minimum atomic E-state index is 0.655. The van der Waals surface area contributed by atoms with Crippen molar-refractivity contribution < 1.29 is 4.74 Å². The van der Waals surface area contributed by atoms with E-state index in [1.165, 1.54) is 0 Å². The van der Waals surface area contributed by atoms with Gasteiger partial charge in [-0.2, -0.15) is 0 Å². The zero-order valence-corrected chi connectivity index (χ0v) is 12.0. The third-order valence-electron chi connectivity index (χ3n) is 3.72. The van der Waals surface area contributed by atoms with Crippen molar-refractivity contribution in [3.8, 4) is 5.75 Å². The minimum Gasteiger partial charge on any atom is -0.490 e. The van der Waals surface area contributed by atoms with E-state index in [1.807, 2.05) is 24.3 Å². The summed E-state index contributed by atoms with van der Waals surface area (Å²) in [6, 6.07) is 8.32. The molecule has 1 aromatic carbocycles. The molecule has 1 fully saturated rings. The Morgan fingerprint density at radius 3 is 2.47 bits per heavy atom. The second-order valence-electron chi connectivity index (χ2n) is 5.36. The predicted octanol–water partition coefficient (Wildman–Crippen LogP) is 1.67. The first kappa shape index (κ1) is 14.2. The molecular formula is C15H25N3O. The van der Waals surface area contributed by atoms with Gasteiger partial charge in [0, 0.05) is 38.8 Å². The lowest BCUT2D eigenvalue weighted by atomic mass is 10.2. The zero-order valence-electron chi connectivity index (χ0n) is 12.0. The third-order valence-corrected chi connectivity index (χ3v) is 3.72. The van der Waals surface area contributed by atoms with Gasteiger partial charge in [0.15, 0.2) is 0 Å². The number of piperazine rings is 1. The summed E-state index contributed by atoms with van der Waals surface area (Å²) in [6.07, 6.45) is 0. The average molecular weight is 263 g/mol. The summed E-state index contributed by atoms with van der Waals surface area (Å²) in [5.74, 6) is 0.795. The number of nitrogen functional groups attached to an aromatic ring is 1. The first-order valence-corrected chi connectivity index (χ1v) is 7.10. The summed E-state index contributed by atoms with van der Waals surface area (Å²) in [5.41, 5.74) is 6.56. The van der Waals surface area contributed by atoms with E-state index in [9.17, 15) is 0 Å². The Morgan fingerprint density at radius 1 is 1.16 bits per heavy atom. The Labute approximate surface area is 116 Å². The highest BCUT2D eigenvalue weighted by Gasteiger charge is 2.18. The molecule has 0 saturated carbocycles. The van der Waals surface area contributed by atoms with Gasteiger partial charge in [0.2, 0.25) is 0 Å². The largest absolute Gasteiger partial charge is 0.490 e. The molecule has 0 bridgehead atoms. The van der Waals surface area contributed by atoms with E-state index in [-0.39, 0.29) is 0 Å². The monoisotopic (exact) mass is 263 g/mol. The van der Waals surface area contributed by atoms with Crippen LogP contribution in [0.5, 0.6) is 5.75 Å². The van der Waals surface area contributed by atoms with Crippen LogP contribution in [0.25, 0.3) is 0 Å². The molecule has 1 heterocycles. The molecule has 1 aliphatic heterocycles. The van der Waals surface area contributed by atoms with Crippen LogP contribution >= 0.6 is 0 Å². The fourth-order valence-electron chi connectivity index (χ4n) is 2.40. The van der Waals surface area contributed by atoms with Crippen LogP contribution in [0.15, 0.2) is 24.3 Å². The second kappa shape index (κ2) is 6.78. The van der Waals surface area contributed by atoms with Crippen LogP contribution in [0, 0.1) is 0 Å². The number of nitrogens with two attached hydrogens (primary N) is 1. The van der Waals surface area contributed by atoms with Gasteiger partial charge in [0.05, 0.1) is 5.69 Å². The molecule has 1 aliphatic rings. The molecule has 0 unspecified atom stereocenters. The molecule has 4 nitrogen and oxygen atoms in total. The van der Waals surface area contributed by atoms with Gasteiger partial charge in [-0.3, -0.25) is 9.80 Å². The summed E-state index contributed by atoms with van der Waals surface area (Å²) in [5, 5.41) is 0. The quantitative estimate of drug-likeness (QED) is 0.821. The van der Waals surface area contributed by atoms with Crippen LogP contribution in [0.1, 0.15) is 13.8 Å². The standard InChI is InChI=1S/C15H25N3O/c1-13(2)18-9-7-17(8-10-18)11-12-19-15-6-4-3-5-14(15)16/h3-6,13H,7-12,16H2,1-2H3. The molecule has 0 spiro atoms. The molecule has 19 heavy (non-hydrogen) atoms. The van der Waals surface area contributed by atoms with Gasteiger partial charge in [-0.1, -0.05) is 12.1 Å². The van der Waals surface area contributed by atoms with Crippen molar-refractivity contribution in [1.29, 1.82) is 0 Å². The Bertz CT molecular complexity index is 387. The van der Waals surface area contributed by atoms with Crippen LogP contribution in [0.4, 0.5) is 5.69 Å². The topological polar surface area (TPSA) is 41.7 Å². The molecule has 0 radical (unpaired) electrons. The average Bonchev–Trinajstić information content (AvgIpc) is 2.41. The van der Waals surface area contributed by atoms with Crippen LogP contribution in [-0.4, -0.2) is 55.2 Å². The fourth-order valence-corrected chi connectivity index (χ4v) is 2.40. The Balaban J connectivity index is 1.69. The summed E-state index contributed by atoms with van der Waals surface area (Å²) >= 11 is 0. The maximum absolute atomic E-state index is 5.85. The lowest BCUT2D eigenvalue weighted by Gasteiger charge is -2.36. The molecule has 0 amide bonds. The number of hydrogen-bond donors (Lipinski definition) is 1. The van der Waals surface area contributed by atoms with Crippen LogP contribution < -0.4 is 10.5 Å². The van der Waals surface area contributed by atoms with Crippen molar-refractivity contribution in [2.45, 2.75) is 19.9 Å². The molecule has 106 valence electrons. The summed E-state index contributed by atoms with van der Waals surface area (Å²) in [7, 11) is 0. The zero-order chi connectivity index (χ0) is 13.7. The van der Waals surface area contributed by atoms with Gasteiger partial charge in [0.25, 0.3) is 0 Å². The first-order valence-electron chi connectivity index (χ1n) is 7.10. The van der Waals surface area contributed by atoms with Gasteiger partial charge in [-0.25, -0.2) is 0 Å². The smallest absolute Gasteiger partial charge is 0.142 e. The van der Waals surface area contributed by atoms with E-state index in [0.717, 1.165) is 38.5 Å². The second-order valence-corrected chi connectivity index (χ2v) is 5.36. The molecule has 0 atom stereocenters. The number of nitrogens with zero attached hydrogens (tertiary/aromatic N) is 2. The predicted molar refractivity (Wildman–Crippen MR) is 79.5 cm³/mol. The number of benzene rings is 1. The van der Waals surface area contributed by atoms with Crippen molar-refractivity contribution in [3.63, 3.8) is 0 Å². The minimum absolute atomic E-state index is 0.655. The van der Waals surface area contributed by atoms with E-state index < -0.39 is 0 Å². The number of anilines is 1. The van der Waals surface area contributed by atoms with E-state index >= 15 is 0 Å². The molecule has 2 N–H and O–H groups in total. The SMILES string of the molecule is CC(C)N1CCN(CCOc2ccccc2N)CC1. The molecule has 1 aromatic rings. The number of rotatable bonds is 5. The lowest BCUT2D eigenvalue weighted by molar-refractivity contribution is 0.0972. The van der Waals surface area contributed by atoms with Crippen LogP contribution in [-0.2, 0) is 0 Å². The van der Waals surface area contributed by atoms with Crippen LogP contribution in [0.3, 0.4) is 0 Å². The highest BCUT2D eigenvalue weighted by Crippen LogP contribution is 2.19. The van der Waals surface area contributed by atoms with E-state index in [1.54, 1.807) is 0 Å². The third kappa shape index (κ3) is 4.11. The molecule has 4 heteroatoms. The Hall–Kier alpha value is -1.26. The maximum atomic E-state index is 5.85. The molecule has 1 saturated heterocycles. The molecule has 2 rings (SSSR count). The van der Waals surface area contributed by atoms with Crippen LogP contribution in [0.2, 0.25) is 0 Å². The van der Waals surface area contributed by atoms with Crippen molar-refractivity contribution in [2.75, 3.05) is 45.1 Å². The fraction of sp³-hybridized carbons (Fsp3) is 0.600. The van der Waals surface area contributed by atoms with E-state index in [2.05, 4.69) is 23.6 Å². The van der Waals surface area contributed by atoms with Gasteiger partial charge >= 0.3 is 0 Å². The van der Waals surface area contributed by atoms with Crippen molar-refractivity contribution in [2.24, 2.45) is 0 Å². The van der Waals surface area contributed by atoms with E-state index in [4.69, 9.17) is 10.5 Å². The summed E-state index contributed by atoms with van der Waals surface area (Å²) < 4.78 is 5.73. The highest BCUT2D eigenvalue weighted by atomic mass is 16.5. The Kier molecular flexibility index (Phi) is 5.05. The first-order chi connectivity index (χ1) is 9.16. The molecule has 0 aliphatic carbocycles. The Morgan fingerprint density at radius 2 is 1.84 bits per heavy atom. The van der Waals surface area contributed by atoms with Gasteiger partial charge in [-0.05, 0) is 26.0 Å². The lowest BCUT2D eigenvalue weighted by Crippen LogP contribution is -2.49. The molecule has 0 aromatic heterocycles. The van der Waals surface area contributed by atoms with Crippen molar-refractivity contribution in [3.05, 3.63) is 24.3 Å². The van der Waals surface area contributed by atoms with Gasteiger partial charge < -0.3 is 10.5 Å². The van der Waals surface area contributed by atoms with Crippen molar-refractivity contribution >= 4 is 5.69 Å². The van der Waals surface area contributed by atoms with Gasteiger partial charge in [0.1, 0.15) is 12.4 Å². The summed E-state index contributed by atoms with van der Waals surface area (Å²) in [6.45, 7) is 10.8. The van der Waals surface area contributed by atoms with Crippen molar-refractivity contribution in [1.82, 2.24) is 9.80 Å². The number of para-hydroxylation sites is 2. The highest BCUT2D eigenvalue weighted by molar-refractivity contribution is 5.51.